The lowest BCUT2D eigenvalue weighted by Crippen LogP contribution is -2.43. The Labute approximate surface area is 118 Å². The first-order valence-electron chi connectivity index (χ1n) is 7.13. The van der Waals surface area contributed by atoms with Crippen LogP contribution in [0.5, 0.6) is 0 Å². The smallest absolute Gasteiger partial charge is 0.0998 e. The topological polar surface area (TPSA) is 32.0 Å². The minimum Gasteiger partial charge on any atom is -0.345 e. The molecule has 2 aliphatic rings. The van der Waals surface area contributed by atoms with Gasteiger partial charge in [0.05, 0.1) is 23.2 Å². The van der Waals surface area contributed by atoms with Crippen molar-refractivity contribution in [2.24, 2.45) is 5.92 Å². The lowest BCUT2D eigenvalue weighted by atomic mass is 9.86. The second kappa shape index (κ2) is 3.97. The number of aromatic nitrogens is 1. The van der Waals surface area contributed by atoms with Crippen molar-refractivity contribution in [3.8, 4) is 6.07 Å². The lowest BCUT2D eigenvalue weighted by Gasteiger charge is -2.39. The fourth-order valence-electron chi connectivity index (χ4n) is 3.79. The molecule has 2 aliphatic heterocycles. The number of benzene rings is 1. The van der Waals surface area contributed by atoms with Crippen LogP contribution in [-0.2, 0) is 6.54 Å². The van der Waals surface area contributed by atoms with E-state index in [1.165, 1.54) is 16.7 Å². The molecule has 0 unspecified atom stereocenters. The van der Waals surface area contributed by atoms with Crippen molar-refractivity contribution in [1.82, 2.24) is 9.47 Å². The third-order valence-electron chi connectivity index (χ3n) is 4.66. The van der Waals surface area contributed by atoms with Crippen LogP contribution < -0.4 is 0 Å². The van der Waals surface area contributed by atoms with E-state index in [1.54, 1.807) is 0 Å². The van der Waals surface area contributed by atoms with Gasteiger partial charge in [-0.15, -0.1) is 0 Å². The van der Waals surface area contributed by atoms with Crippen molar-refractivity contribution in [3.05, 3.63) is 41.6 Å². The number of likely N-dealkylation sites (N-methyl/N-ethyl adjacent to an activating group) is 1. The maximum Gasteiger partial charge on any atom is 0.0998 e. The van der Waals surface area contributed by atoms with Gasteiger partial charge in [0.15, 0.2) is 0 Å². The molecule has 0 aliphatic carbocycles. The van der Waals surface area contributed by atoms with Gasteiger partial charge >= 0.3 is 0 Å². The Morgan fingerprint density at radius 2 is 2.10 bits per heavy atom. The quantitative estimate of drug-likeness (QED) is 0.732. The molecule has 100 valence electrons. The fraction of sp³-hybridized carbons (Fsp3) is 0.353. The van der Waals surface area contributed by atoms with Crippen LogP contribution in [-0.4, -0.2) is 29.1 Å². The first kappa shape index (κ1) is 11.7. The van der Waals surface area contributed by atoms with Crippen LogP contribution in [0.3, 0.4) is 0 Å². The summed E-state index contributed by atoms with van der Waals surface area (Å²) in [5, 5.41) is 10.3. The molecule has 0 fully saturated rings. The monoisotopic (exact) mass is 263 g/mol. The zero-order valence-electron chi connectivity index (χ0n) is 11.8. The highest BCUT2D eigenvalue weighted by Gasteiger charge is 2.32. The minimum absolute atomic E-state index is 0.460. The highest BCUT2D eigenvalue weighted by molar-refractivity contribution is 5.97. The van der Waals surface area contributed by atoms with E-state index in [-0.39, 0.29) is 0 Å². The van der Waals surface area contributed by atoms with Crippen molar-refractivity contribution < 1.29 is 0 Å². The second-order valence-electron chi connectivity index (χ2n) is 6.06. The molecule has 3 heteroatoms. The summed E-state index contributed by atoms with van der Waals surface area (Å²) in [6.45, 7) is 4.37. The van der Waals surface area contributed by atoms with Crippen LogP contribution in [0.15, 0.2) is 30.5 Å². The third-order valence-corrected chi connectivity index (χ3v) is 4.66. The standard InChI is InChI=1S/C17H17N3/c1-11-7-15-14-4-3-12(8-18)13-5-6-20(17(13)14)10-16(15)19(2)9-11/h3-7,11,16H,9-10H2,1-2H3/t11-,16-/m0/s1. The number of nitrogens with zero attached hydrogens (tertiary/aromatic N) is 3. The third kappa shape index (κ3) is 1.43. The molecule has 1 aromatic heterocycles. The molecule has 0 radical (unpaired) electrons. The van der Waals surface area contributed by atoms with Gasteiger partial charge in [-0.3, -0.25) is 4.90 Å². The molecule has 2 aromatic rings. The SMILES string of the molecule is C[C@H]1C=C2c3ccc(C#N)c4ccn(c34)C[C@@H]2N(C)C1. The molecule has 0 N–H and O–H groups in total. The molecule has 2 atom stereocenters. The average Bonchev–Trinajstić information content (AvgIpc) is 2.85. The Bertz CT molecular complexity index is 775. The first-order chi connectivity index (χ1) is 9.69. The van der Waals surface area contributed by atoms with E-state index in [4.69, 9.17) is 0 Å². The van der Waals surface area contributed by atoms with Crippen LogP contribution in [0, 0.1) is 17.2 Å². The molecule has 0 saturated carbocycles. The van der Waals surface area contributed by atoms with Crippen molar-refractivity contribution in [2.45, 2.75) is 19.5 Å². The zero-order valence-corrected chi connectivity index (χ0v) is 11.8. The van der Waals surface area contributed by atoms with Crippen LogP contribution in [0.4, 0.5) is 0 Å². The molecule has 0 bridgehead atoms. The van der Waals surface area contributed by atoms with E-state index in [1.807, 2.05) is 6.07 Å². The maximum atomic E-state index is 9.26. The number of hydrogen-bond acceptors (Lipinski definition) is 2. The predicted octanol–water partition coefficient (Wildman–Crippen LogP) is 2.86. The van der Waals surface area contributed by atoms with Gasteiger partial charge in [-0.25, -0.2) is 0 Å². The summed E-state index contributed by atoms with van der Waals surface area (Å²) < 4.78 is 2.31. The molecule has 3 nitrogen and oxygen atoms in total. The predicted molar refractivity (Wildman–Crippen MR) is 80.2 cm³/mol. The largest absolute Gasteiger partial charge is 0.345 e. The molecule has 3 heterocycles. The van der Waals surface area contributed by atoms with E-state index in [0.717, 1.165) is 24.0 Å². The van der Waals surface area contributed by atoms with Crippen LogP contribution in [0.1, 0.15) is 18.1 Å². The van der Waals surface area contributed by atoms with Gasteiger partial charge in [0.1, 0.15) is 0 Å². The molecule has 1 aromatic carbocycles. The Morgan fingerprint density at radius 1 is 1.25 bits per heavy atom. The number of nitriles is 1. The highest BCUT2D eigenvalue weighted by atomic mass is 15.2. The van der Waals surface area contributed by atoms with Gasteiger partial charge in [0, 0.05) is 30.2 Å². The van der Waals surface area contributed by atoms with Gasteiger partial charge in [0.25, 0.3) is 0 Å². The van der Waals surface area contributed by atoms with Gasteiger partial charge in [-0.1, -0.05) is 19.1 Å². The van der Waals surface area contributed by atoms with Crippen LogP contribution in [0.2, 0.25) is 0 Å². The molecular formula is C17H17N3. The summed E-state index contributed by atoms with van der Waals surface area (Å²) in [5.41, 5.74) is 4.75. The van der Waals surface area contributed by atoms with Gasteiger partial charge in [-0.05, 0) is 30.7 Å². The molecule has 20 heavy (non-hydrogen) atoms. The van der Waals surface area contributed by atoms with Crippen LogP contribution >= 0.6 is 0 Å². The van der Waals surface area contributed by atoms with Gasteiger partial charge in [0.2, 0.25) is 0 Å². The lowest BCUT2D eigenvalue weighted by molar-refractivity contribution is 0.234. The molecule has 0 spiro atoms. The Morgan fingerprint density at radius 3 is 2.90 bits per heavy atom. The summed E-state index contributed by atoms with van der Waals surface area (Å²) in [7, 11) is 2.21. The summed E-state index contributed by atoms with van der Waals surface area (Å²) in [5.74, 6) is 0.582. The van der Waals surface area contributed by atoms with E-state index in [2.05, 4.69) is 53.9 Å². The number of fused-ring (bicyclic) bond motifs is 2. The molecule has 4 rings (SSSR count). The second-order valence-corrected chi connectivity index (χ2v) is 6.06. The summed E-state index contributed by atoms with van der Waals surface area (Å²) in [6, 6.07) is 8.94. The van der Waals surface area contributed by atoms with Gasteiger partial charge < -0.3 is 4.57 Å². The normalized spacial score (nSPS) is 25.1. The number of hydrogen-bond donors (Lipinski definition) is 0. The Kier molecular flexibility index (Phi) is 2.33. The van der Waals surface area contributed by atoms with E-state index >= 15 is 0 Å². The summed E-state index contributed by atoms with van der Waals surface area (Å²) >= 11 is 0. The summed E-state index contributed by atoms with van der Waals surface area (Å²) in [6.07, 6.45) is 4.54. The number of rotatable bonds is 0. The highest BCUT2D eigenvalue weighted by Crippen LogP contribution is 2.39. The Hall–Kier alpha value is -2.05. The molecule has 0 amide bonds. The minimum atomic E-state index is 0.460. The van der Waals surface area contributed by atoms with Gasteiger partial charge in [-0.2, -0.15) is 5.26 Å². The molecular weight excluding hydrogens is 246 g/mol. The van der Waals surface area contributed by atoms with Crippen LogP contribution in [0.25, 0.3) is 16.5 Å². The van der Waals surface area contributed by atoms with Crippen molar-refractivity contribution in [3.63, 3.8) is 0 Å². The zero-order chi connectivity index (χ0) is 13.9. The first-order valence-corrected chi connectivity index (χ1v) is 7.13. The van der Waals surface area contributed by atoms with Crippen molar-refractivity contribution in [1.29, 1.82) is 5.26 Å². The average molecular weight is 263 g/mol. The summed E-state index contributed by atoms with van der Waals surface area (Å²) in [4.78, 5) is 2.45. The van der Waals surface area contributed by atoms with Crippen molar-refractivity contribution in [2.75, 3.05) is 13.6 Å². The van der Waals surface area contributed by atoms with E-state index < -0.39 is 0 Å². The van der Waals surface area contributed by atoms with E-state index in [0.29, 0.717) is 12.0 Å². The maximum absolute atomic E-state index is 9.26. The molecule has 0 saturated heterocycles. The Balaban J connectivity index is 2.03. The van der Waals surface area contributed by atoms with Crippen molar-refractivity contribution >= 4 is 16.5 Å². The van der Waals surface area contributed by atoms with E-state index in [9.17, 15) is 5.26 Å². The fourth-order valence-corrected chi connectivity index (χ4v) is 3.79.